The molecule has 1 N–H and O–H groups in total. The predicted molar refractivity (Wildman–Crippen MR) is 107 cm³/mol. The summed E-state index contributed by atoms with van der Waals surface area (Å²) in [6, 6.07) is 4.26. The summed E-state index contributed by atoms with van der Waals surface area (Å²) in [7, 11) is 1.69. The van der Waals surface area contributed by atoms with Gasteiger partial charge in [-0.15, -0.1) is 0 Å². The van der Waals surface area contributed by atoms with Crippen LogP contribution in [0.5, 0.6) is 0 Å². The standard InChI is InChI=1S/C21H32N4O2/c1-16-12-19(18(3)25(16)17(2)15-27-4)13-20(14-22)21(26)23-8-11-24-9-6-5-7-10-24/h12-13,17H,5-11,15H2,1-4H3,(H,23,26). The second-order valence-electron chi connectivity index (χ2n) is 7.33. The molecule has 0 aromatic carbocycles. The number of nitrogens with zero attached hydrogens (tertiary/aromatic N) is 3. The van der Waals surface area contributed by atoms with Gasteiger partial charge in [0.2, 0.25) is 0 Å². The molecule has 1 amide bonds. The van der Waals surface area contributed by atoms with E-state index in [2.05, 4.69) is 27.8 Å². The number of aryl methyl sites for hydroxylation is 1. The first-order valence-corrected chi connectivity index (χ1v) is 9.77. The Bertz CT molecular complexity index is 708. The molecule has 148 valence electrons. The molecule has 2 heterocycles. The van der Waals surface area contributed by atoms with Crippen LogP contribution in [0.3, 0.4) is 0 Å². The fraction of sp³-hybridized carbons (Fsp3) is 0.619. The van der Waals surface area contributed by atoms with Gasteiger partial charge in [-0.3, -0.25) is 4.79 Å². The lowest BCUT2D eigenvalue weighted by molar-refractivity contribution is -0.117. The highest BCUT2D eigenvalue weighted by atomic mass is 16.5. The van der Waals surface area contributed by atoms with Crippen molar-refractivity contribution < 1.29 is 9.53 Å². The lowest BCUT2D eigenvalue weighted by Gasteiger charge is -2.26. The molecule has 6 heteroatoms. The van der Waals surface area contributed by atoms with E-state index in [4.69, 9.17) is 4.74 Å². The molecular formula is C21H32N4O2. The maximum atomic E-state index is 12.4. The molecule has 1 aromatic heterocycles. The molecule has 0 saturated carbocycles. The van der Waals surface area contributed by atoms with Gasteiger partial charge in [0.05, 0.1) is 12.6 Å². The van der Waals surface area contributed by atoms with Crippen molar-refractivity contribution in [1.29, 1.82) is 5.26 Å². The van der Waals surface area contributed by atoms with Crippen LogP contribution in [0, 0.1) is 25.2 Å². The van der Waals surface area contributed by atoms with Gasteiger partial charge in [-0.1, -0.05) is 6.42 Å². The average Bonchev–Trinajstić information content (AvgIpc) is 2.94. The number of rotatable bonds is 8. The first-order valence-electron chi connectivity index (χ1n) is 9.77. The minimum atomic E-state index is -0.302. The zero-order valence-electron chi connectivity index (χ0n) is 17.0. The molecule has 1 aliphatic heterocycles. The highest BCUT2D eigenvalue weighted by molar-refractivity contribution is 6.01. The summed E-state index contributed by atoms with van der Waals surface area (Å²) in [5.74, 6) is -0.302. The number of ether oxygens (including phenoxy) is 1. The van der Waals surface area contributed by atoms with Crippen molar-refractivity contribution in [3.63, 3.8) is 0 Å². The number of nitriles is 1. The topological polar surface area (TPSA) is 70.3 Å². The summed E-state index contributed by atoms with van der Waals surface area (Å²) in [6.45, 7) is 10.4. The number of aromatic nitrogens is 1. The largest absolute Gasteiger partial charge is 0.383 e. The highest BCUT2D eigenvalue weighted by Gasteiger charge is 2.16. The number of hydrogen-bond acceptors (Lipinski definition) is 4. The number of carbonyl (C=O) groups is 1. The maximum Gasteiger partial charge on any atom is 0.261 e. The van der Waals surface area contributed by atoms with Gasteiger partial charge in [0.25, 0.3) is 5.91 Å². The van der Waals surface area contributed by atoms with Crippen molar-refractivity contribution in [2.75, 3.05) is 39.9 Å². The summed E-state index contributed by atoms with van der Waals surface area (Å²) in [5.41, 5.74) is 3.17. The Kier molecular flexibility index (Phi) is 8.08. The van der Waals surface area contributed by atoms with Crippen molar-refractivity contribution in [3.8, 4) is 6.07 Å². The molecule has 27 heavy (non-hydrogen) atoms. The molecule has 1 saturated heterocycles. The molecular weight excluding hydrogens is 340 g/mol. The monoisotopic (exact) mass is 372 g/mol. The van der Waals surface area contributed by atoms with Gasteiger partial charge >= 0.3 is 0 Å². The molecule has 0 spiro atoms. The van der Waals surface area contributed by atoms with E-state index in [9.17, 15) is 10.1 Å². The molecule has 0 radical (unpaired) electrons. The summed E-state index contributed by atoms with van der Waals surface area (Å²) >= 11 is 0. The Hall–Kier alpha value is -2.10. The van der Waals surface area contributed by atoms with Crippen molar-refractivity contribution >= 4 is 12.0 Å². The number of methoxy groups -OCH3 is 1. The van der Waals surface area contributed by atoms with E-state index in [0.717, 1.165) is 36.6 Å². The Morgan fingerprint density at radius 3 is 2.70 bits per heavy atom. The second-order valence-corrected chi connectivity index (χ2v) is 7.33. The van der Waals surface area contributed by atoms with E-state index < -0.39 is 0 Å². The first-order chi connectivity index (χ1) is 13.0. The molecule has 1 unspecified atom stereocenters. The molecule has 1 fully saturated rings. The van der Waals surface area contributed by atoms with Gasteiger partial charge in [-0.05, 0) is 64.4 Å². The number of hydrogen-bond donors (Lipinski definition) is 1. The van der Waals surface area contributed by atoms with Gasteiger partial charge in [-0.2, -0.15) is 5.26 Å². The van der Waals surface area contributed by atoms with Crippen molar-refractivity contribution in [2.45, 2.75) is 46.1 Å². The third-order valence-electron chi connectivity index (χ3n) is 5.20. The van der Waals surface area contributed by atoms with Crippen LogP contribution in [0.1, 0.15) is 49.2 Å². The fourth-order valence-corrected chi connectivity index (χ4v) is 3.85. The van der Waals surface area contributed by atoms with E-state index in [1.54, 1.807) is 13.2 Å². The van der Waals surface area contributed by atoms with Crippen LogP contribution in [0.15, 0.2) is 11.6 Å². The Morgan fingerprint density at radius 1 is 1.37 bits per heavy atom. The lowest BCUT2D eigenvalue weighted by Crippen LogP contribution is -2.37. The molecule has 1 aliphatic rings. The number of carbonyl (C=O) groups excluding carboxylic acids is 1. The Morgan fingerprint density at radius 2 is 2.07 bits per heavy atom. The first kappa shape index (κ1) is 21.2. The molecule has 2 rings (SSSR count). The minimum Gasteiger partial charge on any atom is -0.383 e. The molecule has 1 aromatic rings. The van der Waals surface area contributed by atoms with E-state index in [1.165, 1.54) is 19.3 Å². The van der Waals surface area contributed by atoms with E-state index >= 15 is 0 Å². The van der Waals surface area contributed by atoms with Crippen LogP contribution in [0.25, 0.3) is 6.08 Å². The van der Waals surface area contributed by atoms with Gasteiger partial charge < -0.3 is 19.5 Å². The summed E-state index contributed by atoms with van der Waals surface area (Å²) in [4.78, 5) is 14.8. The van der Waals surface area contributed by atoms with Crippen molar-refractivity contribution in [1.82, 2.24) is 14.8 Å². The minimum absolute atomic E-state index is 0.147. The van der Waals surface area contributed by atoms with Gasteiger partial charge in [0, 0.05) is 31.6 Å². The fourth-order valence-electron chi connectivity index (χ4n) is 3.85. The van der Waals surface area contributed by atoms with Crippen LogP contribution in [0.4, 0.5) is 0 Å². The van der Waals surface area contributed by atoms with Crippen molar-refractivity contribution in [2.24, 2.45) is 0 Å². The lowest BCUT2D eigenvalue weighted by atomic mass is 10.1. The van der Waals surface area contributed by atoms with E-state index in [1.807, 2.05) is 19.9 Å². The normalized spacial score (nSPS) is 16.8. The van der Waals surface area contributed by atoms with E-state index in [0.29, 0.717) is 13.2 Å². The average molecular weight is 373 g/mol. The Balaban J connectivity index is 2.03. The Labute approximate surface area is 162 Å². The molecule has 6 nitrogen and oxygen atoms in total. The number of amides is 1. The predicted octanol–water partition coefficient (Wildman–Crippen LogP) is 2.82. The van der Waals surface area contributed by atoms with E-state index in [-0.39, 0.29) is 17.5 Å². The zero-order chi connectivity index (χ0) is 19.8. The SMILES string of the molecule is COCC(C)n1c(C)cc(C=C(C#N)C(=O)NCCN2CCCCC2)c1C. The van der Waals surface area contributed by atoms with Crippen LogP contribution in [-0.4, -0.2) is 55.3 Å². The molecule has 0 bridgehead atoms. The van der Waals surface area contributed by atoms with Gasteiger partial charge in [0.1, 0.15) is 11.6 Å². The smallest absolute Gasteiger partial charge is 0.261 e. The van der Waals surface area contributed by atoms with Crippen LogP contribution in [0.2, 0.25) is 0 Å². The summed E-state index contributed by atoms with van der Waals surface area (Å²) in [5, 5.41) is 12.3. The quantitative estimate of drug-likeness (QED) is 0.563. The summed E-state index contributed by atoms with van der Waals surface area (Å²) in [6.07, 6.45) is 5.45. The molecule has 0 aliphatic carbocycles. The zero-order valence-corrected chi connectivity index (χ0v) is 17.0. The van der Waals surface area contributed by atoms with Crippen LogP contribution >= 0.6 is 0 Å². The maximum absolute atomic E-state index is 12.4. The third kappa shape index (κ3) is 5.69. The number of likely N-dealkylation sites (tertiary alicyclic amines) is 1. The highest BCUT2D eigenvalue weighted by Crippen LogP contribution is 2.22. The number of nitrogens with one attached hydrogen (secondary N) is 1. The second kappa shape index (κ2) is 10.3. The third-order valence-corrected chi connectivity index (χ3v) is 5.20. The molecule has 1 atom stereocenters. The van der Waals surface area contributed by atoms with Crippen molar-refractivity contribution in [3.05, 3.63) is 28.6 Å². The number of piperidine rings is 1. The van der Waals surface area contributed by atoms with Gasteiger partial charge in [-0.25, -0.2) is 0 Å². The summed E-state index contributed by atoms with van der Waals surface area (Å²) < 4.78 is 7.43. The van der Waals surface area contributed by atoms with Crippen LogP contribution < -0.4 is 5.32 Å². The van der Waals surface area contributed by atoms with Crippen LogP contribution in [-0.2, 0) is 9.53 Å². The van der Waals surface area contributed by atoms with Gasteiger partial charge in [0.15, 0.2) is 0 Å².